The number of nitrogens with one attached hydrogen (secondary N) is 2. The summed E-state index contributed by atoms with van der Waals surface area (Å²) in [5, 5.41) is 3.91. The van der Waals surface area contributed by atoms with E-state index in [1.807, 2.05) is 18.2 Å². The van der Waals surface area contributed by atoms with Gasteiger partial charge in [-0.15, -0.1) is 0 Å². The first kappa shape index (κ1) is 14.8. The van der Waals surface area contributed by atoms with Crippen LogP contribution in [0.4, 0.5) is 10.5 Å². The molecule has 2 unspecified atom stereocenters. The molecule has 5 rings (SSSR count). The van der Waals surface area contributed by atoms with Crippen molar-refractivity contribution in [3.8, 4) is 0 Å². The van der Waals surface area contributed by atoms with E-state index in [4.69, 9.17) is 5.73 Å². The van der Waals surface area contributed by atoms with Crippen molar-refractivity contribution in [2.45, 2.75) is 50.6 Å². The van der Waals surface area contributed by atoms with E-state index in [1.165, 1.54) is 25.7 Å². The number of hydrogen-bond acceptors (Lipinski definition) is 2. The molecule has 2 saturated heterocycles. The number of primary amides is 1. The maximum Gasteiger partial charge on any atom is 0.322 e. The molecule has 6 nitrogen and oxygen atoms in total. The van der Waals surface area contributed by atoms with Gasteiger partial charge in [0.2, 0.25) is 0 Å². The minimum Gasteiger partial charge on any atom is -0.364 e. The third-order valence-electron chi connectivity index (χ3n) is 6.29. The van der Waals surface area contributed by atoms with Crippen molar-refractivity contribution in [1.29, 1.82) is 0 Å². The molecule has 4 N–H and O–H groups in total. The first-order valence-electron chi connectivity index (χ1n) is 9.05. The minimum atomic E-state index is -0.485. The SMILES string of the molecule is NC(=O)c1cc2cc(NC(=O)N3C4CCC3CC3(CC3)C4)ccc2[nH]1. The highest BCUT2D eigenvalue weighted by Crippen LogP contribution is 2.59. The molecule has 2 aliphatic heterocycles. The van der Waals surface area contributed by atoms with Crippen molar-refractivity contribution < 1.29 is 9.59 Å². The highest BCUT2D eigenvalue weighted by molar-refractivity contribution is 5.99. The summed E-state index contributed by atoms with van der Waals surface area (Å²) in [6.07, 6.45) is 7.33. The Morgan fingerprint density at radius 2 is 1.88 bits per heavy atom. The number of piperidine rings is 1. The number of carbonyl (C=O) groups is 2. The Bertz CT molecular complexity index is 867. The van der Waals surface area contributed by atoms with Gasteiger partial charge < -0.3 is 20.9 Å². The van der Waals surface area contributed by atoms with E-state index in [0.717, 1.165) is 29.4 Å². The summed E-state index contributed by atoms with van der Waals surface area (Å²) in [7, 11) is 0. The van der Waals surface area contributed by atoms with Gasteiger partial charge in [-0.1, -0.05) is 0 Å². The molecule has 3 aliphatic rings. The van der Waals surface area contributed by atoms with E-state index >= 15 is 0 Å². The van der Waals surface area contributed by atoms with Gasteiger partial charge in [-0.3, -0.25) is 4.79 Å². The lowest BCUT2D eigenvalue weighted by molar-refractivity contribution is 0.0996. The minimum absolute atomic E-state index is 0.00742. The van der Waals surface area contributed by atoms with E-state index in [0.29, 0.717) is 23.2 Å². The number of anilines is 1. The number of amides is 3. The molecule has 3 amide bonds. The van der Waals surface area contributed by atoms with Crippen LogP contribution in [0.25, 0.3) is 10.9 Å². The number of nitrogens with two attached hydrogens (primary N) is 1. The van der Waals surface area contributed by atoms with E-state index in [-0.39, 0.29) is 6.03 Å². The maximum atomic E-state index is 12.8. The summed E-state index contributed by atoms with van der Waals surface area (Å²) in [4.78, 5) is 29.2. The lowest BCUT2D eigenvalue weighted by atomic mass is 9.88. The average Bonchev–Trinajstić information content (AvgIpc) is 3.05. The Kier molecular flexibility index (Phi) is 2.96. The first-order chi connectivity index (χ1) is 12.0. The standard InChI is InChI=1S/C19H22N4O2/c20-17(24)16-8-11-7-12(1-4-15(11)22-16)21-18(25)23-13-2-3-14(23)10-19(9-13)5-6-19/h1,4,7-8,13-14,22H,2-3,5-6,9-10H2,(H2,20,24)(H,21,25). The van der Waals surface area contributed by atoms with Crippen LogP contribution in [-0.4, -0.2) is 33.9 Å². The number of H-pyrrole nitrogens is 1. The molecule has 1 aromatic heterocycles. The Morgan fingerprint density at radius 3 is 2.52 bits per heavy atom. The number of nitrogens with zero attached hydrogens (tertiary/aromatic N) is 1. The number of hydrogen-bond donors (Lipinski definition) is 3. The predicted molar refractivity (Wildman–Crippen MR) is 95.4 cm³/mol. The summed E-state index contributed by atoms with van der Waals surface area (Å²) in [5.41, 5.74) is 7.84. The summed E-state index contributed by atoms with van der Waals surface area (Å²) < 4.78 is 0. The number of rotatable bonds is 2. The second-order valence-electron chi connectivity index (χ2n) is 7.98. The zero-order chi connectivity index (χ0) is 17.2. The molecule has 1 aromatic carbocycles. The van der Waals surface area contributed by atoms with Crippen LogP contribution in [0.3, 0.4) is 0 Å². The first-order valence-corrected chi connectivity index (χ1v) is 9.05. The predicted octanol–water partition coefficient (Wildman–Crippen LogP) is 3.21. The van der Waals surface area contributed by atoms with E-state index in [9.17, 15) is 9.59 Å². The van der Waals surface area contributed by atoms with Crippen LogP contribution in [0, 0.1) is 5.41 Å². The fourth-order valence-electron chi connectivity index (χ4n) is 4.89. The van der Waals surface area contributed by atoms with Gasteiger partial charge in [0, 0.05) is 28.7 Å². The number of fused-ring (bicyclic) bond motifs is 3. The van der Waals surface area contributed by atoms with Gasteiger partial charge in [-0.25, -0.2) is 4.79 Å². The average molecular weight is 338 g/mol. The van der Waals surface area contributed by atoms with Crippen molar-refractivity contribution >= 4 is 28.5 Å². The molecule has 3 fully saturated rings. The highest BCUT2D eigenvalue weighted by Gasteiger charge is 2.55. The number of carbonyl (C=O) groups excluding carboxylic acids is 2. The van der Waals surface area contributed by atoms with Crippen LogP contribution in [0.15, 0.2) is 24.3 Å². The van der Waals surface area contributed by atoms with E-state index in [1.54, 1.807) is 6.07 Å². The largest absolute Gasteiger partial charge is 0.364 e. The van der Waals surface area contributed by atoms with Gasteiger partial charge in [-0.05, 0) is 68.2 Å². The van der Waals surface area contributed by atoms with Gasteiger partial charge in [0.25, 0.3) is 5.91 Å². The maximum absolute atomic E-state index is 12.8. The lowest BCUT2D eigenvalue weighted by Gasteiger charge is -2.39. The fourth-order valence-corrected chi connectivity index (χ4v) is 4.89. The van der Waals surface area contributed by atoms with Gasteiger partial charge in [-0.2, -0.15) is 0 Å². The number of benzene rings is 1. The molecule has 3 heterocycles. The van der Waals surface area contributed by atoms with Crippen LogP contribution in [0.1, 0.15) is 49.0 Å². The molecular weight excluding hydrogens is 316 g/mol. The van der Waals surface area contributed by atoms with Crippen LogP contribution < -0.4 is 11.1 Å². The zero-order valence-electron chi connectivity index (χ0n) is 14.0. The molecule has 1 spiro atoms. The lowest BCUT2D eigenvalue weighted by Crippen LogP contribution is -2.48. The molecule has 2 aromatic rings. The van der Waals surface area contributed by atoms with Crippen molar-refractivity contribution in [2.75, 3.05) is 5.32 Å². The summed E-state index contributed by atoms with van der Waals surface area (Å²) >= 11 is 0. The quantitative estimate of drug-likeness (QED) is 0.784. The van der Waals surface area contributed by atoms with Crippen molar-refractivity contribution in [2.24, 2.45) is 11.1 Å². The molecule has 2 atom stereocenters. The normalized spacial score (nSPS) is 26.2. The topological polar surface area (TPSA) is 91.2 Å². The molecule has 1 aliphatic carbocycles. The molecule has 1 saturated carbocycles. The van der Waals surface area contributed by atoms with Crippen molar-refractivity contribution in [3.05, 3.63) is 30.0 Å². The third-order valence-corrected chi connectivity index (χ3v) is 6.29. The van der Waals surface area contributed by atoms with Gasteiger partial charge in [0.15, 0.2) is 0 Å². The molecule has 25 heavy (non-hydrogen) atoms. The molecule has 6 heteroatoms. The molecule has 0 radical (unpaired) electrons. The Morgan fingerprint density at radius 1 is 1.16 bits per heavy atom. The van der Waals surface area contributed by atoms with Crippen LogP contribution in [-0.2, 0) is 0 Å². The van der Waals surface area contributed by atoms with Crippen LogP contribution in [0.5, 0.6) is 0 Å². The second kappa shape index (κ2) is 5.00. The van der Waals surface area contributed by atoms with Gasteiger partial charge in [0.1, 0.15) is 5.69 Å². The molecular formula is C19H22N4O2. The Hall–Kier alpha value is -2.50. The number of urea groups is 1. The fraction of sp³-hybridized carbons (Fsp3) is 0.474. The highest BCUT2D eigenvalue weighted by atomic mass is 16.2. The third kappa shape index (κ3) is 2.39. The number of aromatic nitrogens is 1. The van der Waals surface area contributed by atoms with E-state index < -0.39 is 5.91 Å². The van der Waals surface area contributed by atoms with Gasteiger partial charge >= 0.3 is 6.03 Å². The Labute approximate surface area is 145 Å². The Balaban J connectivity index is 1.35. The van der Waals surface area contributed by atoms with Crippen LogP contribution >= 0.6 is 0 Å². The van der Waals surface area contributed by atoms with Crippen LogP contribution in [0.2, 0.25) is 0 Å². The molecule has 2 bridgehead atoms. The summed E-state index contributed by atoms with van der Waals surface area (Å²) in [6, 6.07) is 8.13. The zero-order valence-corrected chi connectivity index (χ0v) is 14.0. The van der Waals surface area contributed by atoms with Crippen molar-refractivity contribution in [1.82, 2.24) is 9.88 Å². The second-order valence-corrected chi connectivity index (χ2v) is 7.98. The number of aromatic amines is 1. The summed E-state index contributed by atoms with van der Waals surface area (Å²) in [5.74, 6) is -0.485. The van der Waals surface area contributed by atoms with E-state index in [2.05, 4.69) is 15.2 Å². The molecule has 130 valence electrons. The van der Waals surface area contributed by atoms with Gasteiger partial charge in [0.05, 0.1) is 0 Å². The summed E-state index contributed by atoms with van der Waals surface area (Å²) in [6.45, 7) is 0. The monoisotopic (exact) mass is 338 g/mol. The van der Waals surface area contributed by atoms with Crippen molar-refractivity contribution in [3.63, 3.8) is 0 Å². The smallest absolute Gasteiger partial charge is 0.322 e.